The van der Waals surface area contributed by atoms with Gasteiger partial charge in [-0.15, -0.1) is 0 Å². The van der Waals surface area contributed by atoms with Crippen LogP contribution in [-0.4, -0.2) is 40.5 Å². The number of benzene rings is 1. The van der Waals surface area contributed by atoms with Crippen LogP contribution in [0.15, 0.2) is 30.3 Å². The number of hydrogen-bond donors (Lipinski definition) is 3. The van der Waals surface area contributed by atoms with Crippen molar-refractivity contribution in [2.75, 3.05) is 0 Å². The number of Topliss-reactive ketones (excluding diaryl/α,β-unsaturated/α-hetero) is 1. The average molecular weight is 364 g/mol. The highest BCUT2D eigenvalue weighted by atomic mass is 16.6. The molecular weight excluding hydrogens is 340 g/mol. The second kappa shape index (κ2) is 8.98. The van der Waals surface area contributed by atoms with E-state index in [1.54, 1.807) is 51.1 Å². The number of nitrogens with one attached hydrogen (secondary N) is 2. The van der Waals surface area contributed by atoms with Crippen LogP contribution in [0.4, 0.5) is 4.79 Å². The molecule has 26 heavy (non-hydrogen) atoms. The van der Waals surface area contributed by atoms with E-state index in [1.165, 1.54) is 6.92 Å². The van der Waals surface area contributed by atoms with Crippen molar-refractivity contribution in [3.8, 4) is 0 Å². The molecule has 0 radical (unpaired) electrons. The Bertz CT molecular complexity index is 666. The highest BCUT2D eigenvalue weighted by Gasteiger charge is 2.29. The summed E-state index contributed by atoms with van der Waals surface area (Å²) in [4.78, 5) is 47.2. The molecule has 0 saturated carbocycles. The van der Waals surface area contributed by atoms with Gasteiger partial charge in [0.1, 0.15) is 11.6 Å². The van der Waals surface area contributed by atoms with E-state index in [0.29, 0.717) is 5.56 Å². The number of alkyl carbamates (subject to hydrolysis) is 1. The Balaban J connectivity index is 3.00. The van der Waals surface area contributed by atoms with Gasteiger partial charge in [0.05, 0.1) is 12.5 Å². The number of rotatable bonds is 7. The smallest absolute Gasteiger partial charge is 0.408 e. The molecule has 0 heterocycles. The highest BCUT2D eigenvalue weighted by Crippen LogP contribution is 2.15. The van der Waals surface area contributed by atoms with Gasteiger partial charge in [0, 0.05) is 0 Å². The molecule has 2 atom stereocenters. The summed E-state index contributed by atoms with van der Waals surface area (Å²) in [6.07, 6.45) is -1.35. The predicted octanol–water partition coefficient (Wildman–Crippen LogP) is 1.80. The van der Waals surface area contributed by atoms with Gasteiger partial charge < -0.3 is 20.5 Å². The van der Waals surface area contributed by atoms with Gasteiger partial charge >= 0.3 is 12.1 Å². The number of hydrogen-bond acceptors (Lipinski definition) is 5. The van der Waals surface area contributed by atoms with Crippen molar-refractivity contribution in [3.63, 3.8) is 0 Å². The fourth-order valence-electron chi connectivity index (χ4n) is 2.10. The zero-order chi connectivity index (χ0) is 19.9. The first kappa shape index (κ1) is 21.1. The first-order valence-corrected chi connectivity index (χ1v) is 8.06. The van der Waals surface area contributed by atoms with Gasteiger partial charge in [0.15, 0.2) is 5.78 Å². The maximum Gasteiger partial charge on any atom is 0.408 e. The minimum Gasteiger partial charge on any atom is -0.481 e. The predicted molar refractivity (Wildman–Crippen MR) is 93.4 cm³/mol. The lowest BCUT2D eigenvalue weighted by Crippen LogP contribution is -2.48. The van der Waals surface area contributed by atoms with Gasteiger partial charge in [-0.1, -0.05) is 30.3 Å². The average Bonchev–Trinajstić information content (AvgIpc) is 2.50. The summed E-state index contributed by atoms with van der Waals surface area (Å²) in [7, 11) is 0. The molecule has 1 aromatic rings. The van der Waals surface area contributed by atoms with E-state index in [0.717, 1.165) is 0 Å². The monoisotopic (exact) mass is 364 g/mol. The lowest BCUT2D eigenvalue weighted by atomic mass is 10.0. The van der Waals surface area contributed by atoms with Crippen LogP contribution < -0.4 is 10.6 Å². The van der Waals surface area contributed by atoms with E-state index in [9.17, 15) is 19.2 Å². The topological polar surface area (TPSA) is 122 Å². The zero-order valence-corrected chi connectivity index (χ0v) is 15.2. The van der Waals surface area contributed by atoms with Crippen molar-refractivity contribution in [1.82, 2.24) is 10.6 Å². The van der Waals surface area contributed by atoms with Crippen LogP contribution in [0.1, 0.15) is 45.7 Å². The van der Waals surface area contributed by atoms with E-state index >= 15 is 0 Å². The van der Waals surface area contributed by atoms with Crippen LogP contribution in [0.3, 0.4) is 0 Å². The number of amides is 2. The molecule has 8 heteroatoms. The van der Waals surface area contributed by atoms with Crippen LogP contribution in [0.2, 0.25) is 0 Å². The molecule has 0 unspecified atom stereocenters. The lowest BCUT2D eigenvalue weighted by molar-refractivity contribution is -0.140. The quantitative estimate of drug-likeness (QED) is 0.678. The zero-order valence-electron chi connectivity index (χ0n) is 15.2. The Morgan fingerprint density at radius 2 is 1.65 bits per heavy atom. The molecule has 142 valence electrons. The van der Waals surface area contributed by atoms with Crippen LogP contribution >= 0.6 is 0 Å². The van der Waals surface area contributed by atoms with Gasteiger partial charge in [-0.05, 0) is 33.3 Å². The molecular formula is C18H24N2O6. The second-order valence-corrected chi connectivity index (χ2v) is 6.76. The number of carbonyl (C=O) groups excluding carboxylic acids is 3. The molecule has 0 bridgehead atoms. The first-order chi connectivity index (χ1) is 12.0. The Morgan fingerprint density at radius 3 is 2.12 bits per heavy atom. The van der Waals surface area contributed by atoms with Crippen molar-refractivity contribution >= 4 is 23.8 Å². The lowest BCUT2D eigenvalue weighted by Gasteiger charge is -2.24. The maximum atomic E-state index is 12.6. The fourth-order valence-corrected chi connectivity index (χ4v) is 2.10. The molecule has 1 aromatic carbocycles. The third-order valence-electron chi connectivity index (χ3n) is 3.24. The highest BCUT2D eigenvalue weighted by molar-refractivity contribution is 5.93. The number of carbonyl (C=O) groups is 4. The molecule has 0 spiro atoms. The summed E-state index contributed by atoms with van der Waals surface area (Å²) in [5.41, 5.74) is -0.291. The van der Waals surface area contributed by atoms with Crippen molar-refractivity contribution in [3.05, 3.63) is 35.9 Å². The molecule has 2 amide bonds. The molecule has 0 saturated heterocycles. The number of aliphatic carboxylic acids is 1. The van der Waals surface area contributed by atoms with Crippen LogP contribution in [0, 0.1) is 0 Å². The molecule has 0 aliphatic carbocycles. The van der Waals surface area contributed by atoms with Crippen LogP contribution in [0.25, 0.3) is 0 Å². The Hall–Kier alpha value is -2.90. The first-order valence-electron chi connectivity index (χ1n) is 8.06. The summed E-state index contributed by atoms with van der Waals surface area (Å²) in [6, 6.07) is 6.05. The van der Waals surface area contributed by atoms with Crippen LogP contribution in [0.5, 0.6) is 0 Å². The summed E-state index contributed by atoms with van der Waals surface area (Å²) in [6.45, 7) is 6.24. The standard InChI is InChI=1S/C18H24N2O6/c1-11(21)13(10-14(22)23)19-16(24)15(12-8-6-5-7-9-12)20-17(25)26-18(2,3)4/h5-9,13,15H,10H2,1-4H3,(H,19,24)(H,20,25)(H,22,23)/t13-,15-/m1/s1. The summed E-state index contributed by atoms with van der Waals surface area (Å²) in [5, 5.41) is 13.7. The van der Waals surface area contributed by atoms with Crippen LogP contribution in [-0.2, 0) is 19.1 Å². The SMILES string of the molecule is CC(=O)[C@@H](CC(=O)O)NC(=O)[C@H](NC(=O)OC(C)(C)C)c1ccccc1. The van der Waals surface area contributed by atoms with Crippen molar-refractivity contribution in [1.29, 1.82) is 0 Å². The minimum absolute atomic E-state index is 0.466. The largest absolute Gasteiger partial charge is 0.481 e. The van der Waals surface area contributed by atoms with E-state index in [4.69, 9.17) is 9.84 Å². The fraction of sp³-hybridized carbons (Fsp3) is 0.444. The van der Waals surface area contributed by atoms with E-state index < -0.39 is 47.9 Å². The molecule has 1 rings (SSSR count). The molecule has 0 aromatic heterocycles. The number of carboxylic acids is 1. The van der Waals surface area contributed by atoms with Crippen molar-refractivity contribution < 1.29 is 29.0 Å². The Kier molecular flexibility index (Phi) is 7.30. The molecule has 0 fully saturated rings. The number of ether oxygens (including phenoxy) is 1. The van der Waals surface area contributed by atoms with Gasteiger partial charge in [0.2, 0.25) is 5.91 Å². The summed E-state index contributed by atoms with van der Waals surface area (Å²) < 4.78 is 5.17. The Morgan fingerprint density at radius 1 is 1.08 bits per heavy atom. The second-order valence-electron chi connectivity index (χ2n) is 6.76. The van der Waals surface area contributed by atoms with Crippen molar-refractivity contribution in [2.24, 2.45) is 0 Å². The number of carboxylic acid groups (broad SMARTS) is 1. The minimum atomic E-state index is -1.22. The number of ketones is 1. The Labute approximate surface area is 151 Å². The van der Waals surface area contributed by atoms with E-state index in [1.807, 2.05) is 0 Å². The van der Waals surface area contributed by atoms with Gasteiger partial charge in [-0.25, -0.2) is 4.79 Å². The van der Waals surface area contributed by atoms with E-state index in [-0.39, 0.29) is 0 Å². The van der Waals surface area contributed by atoms with E-state index in [2.05, 4.69) is 10.6 Å². The molecule has 8 nitrogen and oxygen atoms in total. The van der Waals surface area contributed by atoms with Gasteiger partial charge in [0.25, 0.3) is 0 Å². The third-order valence-corrected chi connectivity index (χ3v) is 3.24. The van der Waals surface area contributed by atoms with Crippen molar-refractivity contribution in [2.45, 2.75) is 51.8 Å². The molecule has 0 aliphatic heterocycles. The summed E-state index contributed by atoms with van der Waals surface area (Å²) >= 11 is 0. The maximum absolute atomic E-state index is 12.6. The third kappa shape index (κ3) is 7.33. The van der Waals surface area contributed by atoms with Gasteiger partial charge in [-0.2, -0.15) is 0 Å². The normalized spacial score (nSPS) is 13.2. The molecule has 3 N–H and O–H groups in total. The van der Waals surface area contributed by atoms with Gasteiger partial charge in [-0.3, -0.25) is 14.4 Å². The summed E-state index contributed by atoms with van der Waals surface area (Å²) in [5.74, 6) is -2.42. The molecule has 0 aliphatic rings.